The Hall–Kier alpha value is -1.42. The van der Waals surface area contributed by atoms with Gasteiger partial charge in [-0.1, -0.05) is 19.9 Å². The first kappa shape index (κ1) is 14.0. The molecule has 2 rings (SSSR count). The Morgan fingerprint density at radius 2 is 2.26 bits per heavy atom. The van der Waals surface area contributed by atoms with Gasteiger partial charge in [0.15, 0.2) is 0 Å². The Morgan fingerprint density at radius 3 is 2.84 bits per heavy atom. The predicted molar refractivity (Wildman–Crippen MR) is 75.6 cm³/mol. The van der Waals surface area contributed by atoms with E-state index in [2.05, 4.69) is 24.1 Å². The Morgan fingerprint density at radius 1 is 1.47 bits per heavy atom. The fraction of sp³-hybridized carbons (Fsp3) is 0.600. The third-order valence-corrected chi connectivity index (χ3v) is 3.26. The maximum atomic E-state index is 12.3. The maximum Gasteiger partial charge on any atom is 0.224 e. The van der Waals surface area contributed by atoms with Gasteiger partial charge in [0.1, 0.15) is 0 Å². The van der Waals surface area contributed by atoms with E-state index in [9.17, 15) is 4.79 Å². The van der Waals surface area contributed by atoms with Crippen LogP contribution >= 0.6 is 0 Å². The molecule has 1 N–H and O–H groups in total. The van der Waals surface area contributed by atoms with Gasteiger partial charge in [-0.15, -0.1) is 0 Å². The molecular formula is C15H23N3O. The molecule has 1 aromatic rings. The second kappa shape index (κ2) is 6.66. The number of nitrogens with one attached hydrogen (secondary N) is 1. The van der Waals surface area contributed by atoms with Gasteiger partial charge in [0.05, 0.1) is 12.2 Å². The van der Waals surface area contributed by atoms with E-state index >= 15 is 0 Å². The van der Waals surface area contributed by atoms with Gasteiger partial charge in [-0.25, -0.2) is 0 Å². The number of amides is 1. The molecule has 1 amide bonds. The molecule has 0 aliphatic heterocycles. The summed E-state index contributed by atoms with van der Waals surface area (Å²) in [6.07, 6.45) is 4.62. The lowest BCUT2D eigenvalue weighted by Crippen LogP contribution is -2.35. The van der Waals surface area contributed by atoms with E-state index in [1.807, 2.05) is 23.1 Å². The topological polar surface area (TPSA) is 45.2 Å². The molecule has 1 aliphatic carbocycles. The lowest BCUT2D eigenvalue weighted by molar-refractivity contribution is -0.132. The van der Waals surface area contributed by atoms with E-state index in [-0.39, 0.29) is 5.91 Å². The second-order valence-electron chi connectivity index (χ2n) is 5.43. The highest BCUT2D eigenvalue weighted by atomic mass is 16.2. The molecule has 1 aliphatic rings. The van der Waals surface area contributed by atoms with Gasteiger partial charge in [-0.2, -0.15) is 0 Å². The fourth-order valence-electron chi connectivity index (χ4n) is 2.08. The number of rotatable bonds is 7. The van der Waals surface area contributed by atoms with Crippen LogP contribution in [0.3, 0.4) is 0 Å². The van der Waals surface area contributed by atoms with Crippen molar-refractivity contribution in [2.75, 3.05) is 6.54 Å². The number of nitrogens with zero attached hydrogens (tertiary/aromatic N) is 2. The highest BCUT2D eigenvalue weighted by Gasteiger charge is 2.32. The molecule has 0 aromatic carbocycles. The summed E-state index contributed by atoms with van der Waals surface area (Å²) in [5, 5.41) is 3.29. The first-order valence-electron chi connectivity index (χ1n) is 7.09. The summed E-state index contributed by atoms with van der Waals surface area (Å²) in [6, 6.07) is 6.72. The number of carbonyl (C=O) groups is 1. The lowest BCUT2D eigenvalue weighted by atomic mass is 10.2. The second-order valence-corrected chi connectivity index (χ2v) is 5.43. The van der Waals surface area contributed by atoms with Gasteiger partial charge < -0.3 is 10.2 Å². The Bertz CT molecular complexity index is 401. The normalized spacial score (nSPS) is 14.7. The van der Waals surface area contributed by atoms with E-state index in [0.29, 0.717) is 25.0 Å². The molecular weight excluding hydrogens is 238 g/mol. The monoisotopic (exact) mass is 261 g/mol. The highest BCUT2D eigenvalue weighted by Crippen LogP contribution is 2.28. The van der Waals surface area contributed by atoms with E-state index in [0.717, 1.165) is 25.1 Å². The Kier molecular flexibility index (Phi) is 4.91. The van der Waals surface area contributed by atoms with E-state index in [1.54, 1.807) is 6.20 Å². The summed E-state index contributed by atoms with van der Waals surface area (Å²) in [5.74, 6) is 0.237. The van der Waals surface area contributed by atoms with Crippen molar-refractivity contribution < 1.29 is 4.79 Å². The summed E-state index contributed by atoms with van der Waals surface area (Å²) in [5.41, 5.74) is 0.972. The first-order valence-corrected chi connectivity index (χ1v) is 7.09. The molecule has 1 aromatic heterocycles. The highest BCUT2D eigenvalue weighted by molar-refractivity contribution is 5.77. The minimum Gasteiger partial charge on any atom is -0.334 e. The Balaban J connectivity index is 1.87. The van der Waals surface area contributed by atoms with Crippen LogP contribution in [0.4, 0.5) is 0 Å². The zero-order chi connectivity index (χ0) is 13.7. The number of hydrogen-bond donors (Lipinski definition) is 1. The van der Waals surface area contributed by atoms with Crippen molar-refractivity contribution in [2.24, 2.45) is 0 Å². The van der Waals surface area contributed by atoms with E-state index in [4.69, 9.17) is 0 Å². The average Bonchev–Trinajstić information content (AvgIpc) is 3.21. The Labute approximate surface area is 115 Å². The van der Waals surface area contributed by atoms with Gasteiger partial charge in [0.25, 0.3) is 0 Å². The summed E-state index contributed by atoms with van der Waals surface area (Å²) in [7, 11) is 0. The molecule has 0 unspecified atom stereocenters. The largest absolute Gasteiger partial charge is 0.334 e. The third kappa shape index (κ3) is 4.63. The number of carbonyl (C=O) groups excluding carboxylic acids is 1. The lowest BCUT2D eigenvalue weighted by Gasteiger charge is -2.22. The van der Waals surface area contributed by atoms with Crippen molar-refractivity contribution in [1.29, 1.82) is 0 Å². The summed E-state index contributed by atoms with van der Waals surface area (Å²) in [6.45, 7) is 5.59. The number of aromatic nitrogens is 1. The van der Waals surface area contributed by atoms with Crippen LogP contribution in [0, 0.1) is 0 Å². The van der Waals surface area contributed by atoms with Crippen LogP contribution in [-0.2, 0) is 11.3 Å². The standard InChI is InChI=1S/C15H23N3O/c1-12(2)16-10-8-15(19)18(14-6-7-14)11-13-5-3-4-9-17-13/h3-5,9,12,14,16H,6-8,10-11H2,1-2H3. The first-order chi connectivity index (χ1) is 9.16. The molecule has 0 saturated heterocycles. The van der Waals surface area contributed by atoms with Crippen molar-refractivity contribution in [3.8, 4) is 0 Å². The SMILES string of the molecule is CC(C)NCCC(=O)N(Cc1ccccn1)C1CC1. The third-order valence-electron chi connectivity index (χ3n) is 3.26. The van der Waals surface area contributed by atoms with Crippen molar-refractivity contribution in [2.45, 2.75) is 51.7 Å². The number of pyridine rings is 1. The molecule has 1 fully saturated rings. The van der Waals surface area contributed by atoms with Crippen molar-refractivity contribution in [3.05, 3.63) is 30.1 Å². The zero-order valence-electron chi connectivity index (χ0n) is 11.8. The van der Waals surface area contributed by atoms with Gasteiger partial charge in [-0.3, -0.25) is 9.78 Å². The van der Waals surface area contributed by atoms with Crippen LogP contribution in [0.15, 0.2) is 24.4 Å². The molecule has 0 radical (unpaired) electrons. The molecule has 1 heterocycles. The van der Waals surface area contributed by atoms with Crippen LogP contribution in [0.1, 0.15) is 38.8 Å². The summed E-state index contributed by atoms with van der Waals surface area (Å²) in [4.78, 5) is 18.6. The number of hydrogen-bond acceptors (Lipinski definition) is 3. The minimum atomic E-state index is 0.237. The molecule has 4 heteroatoms. The predicted octanol–water partition coefficient (Wildman–Crippen LogP) is 1.96. The molecule has 0 atom stereocenters. The van der Waals surface area contributed by atoms with E-state index < -0.39 is 0 Å². The molecule has 19 heavy (non-hydrogen) atoms. The molecule has 0 bridgehead atoms. The molecule has 104 valence electrons. The summed E-state index contributed by atoms with van der Waals surface area (Å²) < 4.78 is 0. The van der Waals surface area contributed by atoms with Crippen LogP contribution in [0.5, 0.6) is 0 Å². The molecule has 0 spiro atoms. The quantitative estimate of drug-likeness (QED) is 0.816. The van der Waals surface area contributed by atoms with Gasteiger partial charge in [0.2, 0.25) is 5.91 Å². The molecule has 1 saturated carbocycles. The smallest absolute Gasteiger partial charge is 0.224 e. The van der Waals surface area contributed by atoms with Gasteiger partial charge in [-0.05, 0) is 25.0 Å². The minimum absolute atomic E-state index is 0.237. The van der Waals surface area contributed by atoms with Gasteiger partial charge in [0, 0.05) is 31.2 Å². The van der Waals surface area contributed by atoms with Crippen LogP contribution in [-0.4, -0.2) is 34.4 Å². The zero-order valence-corrected chi connectivity index (χ0v) is 11.8. The summed E-state index contributed by atoms with van der Waals surface area (Å²) >= 11 is 0. The van der Waals surface area contributed by atoms with Crippen molar-refractivity contribution >= 4 is 5.91 Å². The maximum absolute atomic E-state index is 12.3. The van der Waals surface area contributed by atoms with Crippen LogP contribution in [0.25, 0.3) is 0 Å². The van der Waals surface area contributed by atoms with Gasteiger partial charge >= 0.3 is 0 Å². The van der Waals surface area contributed by atoms with Crippen LogP contribution < -0.4 is 5.32 Å². The van der Waals surface area contributed by atoms with Crippen molar-refractivity contribution in [3.63, 3.8) is 0 Å². The average molecular weight is 261 g/mol. The fourth-order valence-corrected chi connectivity index (χ4v) is 2.08. The van der Waals surface area contributed by atoms with Crippen molar-refractivity contribution in [1.82, 2.24) is 15.2 Å². The molecule has 4 nitrogen and oxygen atoms in total. The van der Waals surface area contributed by atoms with Crippen LogP contribution in [0.2, 0.25) is 0 Å². The van der Waals surface area contributed by atoms with E-state index in [1.165, 1.54) is 0 Å².